The molecule has 4 N–H and O–H groups in total. The second-order valence-electron chi connectivity index (χ2n) is 6.73. The van der Waals surface area contributed by atoms with Crippen LogP contribution in [0.4, 0.5) is 31.9 Å². The Morgan fingerprint density at radius 1 is 1.06 bits per heavy atom. The van der Waals surface area contributed by atoms with Gasteiger partial charge in [-0.2, -0.15) is 4.98 Å². The number of fused-ring (bicyclic) bond motifs is 1. The maximum absolute atomic E-state index is 13.4. The van der Waals surface area contributed by atoms with Crippen LogP contribution in [0.3, 0.4) is 0 Å². The number of aromatic nitrogens is 2. The molecule has 1 atom stereocenters. The zero-order valence-electron chi connectivity index (χ0n) is 15.6. The molecule has 0 saturated carbocycles. The fourth-order valence-corrected chi connectivity index (χ4v) is 3.25. The third kappa shape index (κ3) is 4.38. The highest BCUT2D eigenvalue weighted by Crippen LogP contribution is 2.30. The predicted octanol–water partition coefficient (Wildman–Crippen LogP) is 3.51. The minimum absolute atomic E-state index is 0.0122. The summed E-state index contributed by atoms with van der Waals surface area (Å²) in [6.45, 7) is 0. The lowest BCUT2D eigenvalue weighted by atomic mass is 9.92. The Bertz CT molecular complexity index is 1250. The Kier molecular flexibility index (Phi) is 5.38. The van der Waals surface area contributed by atoms with E-state index < -0.39 is 34.9 Å². The summed E-state index contributed by atoms with van der Waals surface area (Å²) in [5, 5.41) is 8.28. The molecule has 0 fully saturated rings. The summed E-state index contributed by atoms with van der Waals surface area (Å²) in [7, 11) is 0. The second-order valence-corrected chi connectivity index (χ2v) is 7.17. The number of H-pyrrole nitrogens is 1. The monoisotopic (exact) mass is 445 g/mol. The standard InChI is InChI=1S/C20H14ClF2N5O3/c21-9-1-3-10(4-2-9)25-20-27-17-16(19(31)28-20)12(8-15(29)26-17)18(30)24-11-5-6-13(22)14(23)7-11/h1-7,12H,8H2,(H,24,30)(H3,25,26,27,28,29,31). The van der Waals surface area contributed by atoms with Crippen molar-refractivity contribution in [3.8, 4) is 0 Å². The normalized spacial score (nSPS) is 15.1. The molecular weight excluding hydrogens is 432 g/mol. The summed E-state index contributed by atoms with van der Waals surface area (Å²) in [4.78, 5) is 44.3. The van der Waals surface area contributed by atoms with Gasteiger partial charge >= 0.3 is 0 Å². The molecule has 0 saturated heterocycles. The van der Waals surface area contributed by atoms with E-state index in [-0.39, 0.29) is 29.4 Å². The molecule has 2 amide bonds. The van der Waals surface area contributed by atoms with Crippen molar-refractivity contribution in [2.75, 3.05) is 16.0 Å². The van der Waals surface area contributed by atoms with Crippen LogP contribution in [-0.4, -0.2) is 21.8 Å². The second kappa shape index (κ2) is 8.15. The number of benzene rings is 2. The number of nitrogens with zero attached hydrogens (tertiary/aromatic N) is 1. The van der Waals surface area contributed by atoms with Gasteiger partial charge in [-0.15, -0.1) is 0 Å². The minimum atomic E-state index is -1.17. The Balaban J connectivity index is 1.63. The molecule has 0 aliphatic carbocycles. The summed E-state index contributed by atoms with van der Waals surface area (Å²) >= 11 is 5.84. The third-order valence-corrected chi connectivity index (χ3v) is 4.81. The van der Waals surface area contributed by atoms with E-state index in [0.717, 1.165) is 12.1 Å². The molecule has 1 aliphatic heterocycles. The lowest BCUT2D eigenvalue weighted by Gasteiger charge is -2.23. The molecule has 1 aromatic heterocycles. The van der Waals surface area contributed by atoms with Crippen LogP contribution in [0.5, 0.6) is 0 Å². The molecule has 0 spiro atoms. The van der Waals surface area contributed by atoms with Gasteiger partial charge in [-0.25, -0.2) is 8.78 Å². The van der Waals surface area contributed by atoms with Crippen LogP contribution >= 0.6 is 11.6 Å². The first kappa shape index (κ1) is 20.5. The Labute approximate surface area is 178 Å². The Morgan fingerprint density at radius 2 is 1.77 bits per heavy atom. The first-order valence-corrected chi connectivity index (χ1v) is 9.40. The van der Waals surface area contributed by atoms with E-state index in [9.17, 15) is 23.2 Å². The molecule has 0 bridgehead atoms. The van der Waals surface area contributed by atoms with E-state index in [2.05, 4.69) is 25.9 Å². The molecule has 4 rings (SSSR count). The third-order valence-electron chi connectivity index (χ3n) is 4.56. The van der Waals surface area contributed by atoms with E-state index in [0.29, 0.717) is 10.7 Å². The highest BCUT2D eigenvalue weighted by molar-refractivity contribution is 6.30. The number of nitrogens with one attached hydrogen (secondary N) is 4. The summed E-state index contributed by atoms with van der Waals surface area (Å²) in [5.41, 5.74) is -0.0997. The summed E-state index contributed by atoms with van der Waals surface area (Å²) < 4.78 is 26.5. The largest absolute Gasteiger partial charge is 0.326 e. The SMILES string of the molecule is O=C1CC(C(=O)Nc2ccc(F)c(F)c2)c2c(nc(Nc3ccc(Cl)cc3)[nH]c2=O)N1. The smallest absolute Gasteiger partial charge is 0.258 e. The van der Waals surface area contributed by atoms with E-state index >= 15 is 0 Å². The van der Waals surface area contributed by atoms with E-state index in [1.54, 1.807) is 24.3 Å². The van der Waals surface area contributed by atoms with Gasteiger partial charge in [0.2, 0.25) is 17.8 Å². The predicted molar refractivity (Wildman–Crippen MR) is 111 cm³/mol. The van der Waals surface area contributed by atoms with Crippen molar-refractivity contribution in [3.05, 3.63) is 75.0 Å². The lowest BCUT2D eigenvalue weighted by molar-refractivity contribution is -0.123. The van der Waals surface area contributed by atoms with Crippen molar-refractivity contribution >= 4 is 46.6 Å². The topological polar surface area (TPSA) is 116 Å². The van der Waals surface area contributed by atoms with Gasteiger partial charge in [0.1, 0.15) is 5.82 Å². The van der Waals surface area contributed by atoms with Crippen molar-refractivity contribution in [2.24, 2.45) is 0 Å². The molecule has 0 radical (unpaired) electrons. The Hall–Kier alpha value is -3.79. The quantitative estimate of drug-likeness (QED) is 0.490. The molecule has 158 valence electrons. The number of aromatic amines is 1. The van der Waals surface area contributed by atoms with Gasteiger partial charge in [-0.3, -0.25) is 19.4 Å². The summed E-state index contributed by atoms with van der Waals surface area (Å²) in [6, 6.07) is 9.44. The summed E-state index contributed by atoms with van der Waals surface area (Å²) in [6.07, 6.45) is -0.308. The van der Waals surface area contributed by atoms with Crippen molar-refractivity contribution in [1.82, 2.24) is 9.97 Å². The molecule has 1 unspecified atom stereocenters. The molecule has 8 nitrogen and oxygen atoms in total. The number of hydrogen-bond acceptors (Lipinski definition) is 5. The lowest BCUT2D eigenvalue weighted by Crippen LogP contribution is -2.36. The van der Waals surface area contributed by atoms with E-state index in [4.69, 9.17) is 11.6 Å². The first-order chi connectivity index (χ1) is 14.8. The number of halogens is 3. The number of rotatable bonds is 4. The van der Waals surface area contributed by atoms with Crippen LogP contribution in [0.1, 0.15) is 17.9 Å². The van der Waals surface area contributed by atoms with E-state index in [1.807, 2.05) is 0 Å². The van der Waals surface area contributed by atoms with Crippen molar-refractivity contribution in [1.29, 1.82) is 0 Å². The first-order valence-electron chi connectivity index (χ1n) is 9.03. The van der Waals surface area contributed by atoms with Gasteiger partial charge in [-0.1, -0.05) is 11.6 Å². The van der Waals surface area contributed by atoms with Crippen LogP contribution in [0.2, 0.25) is 5.02 Å². The van der Waals surface area contributed by atoms with Crippen LogP contribution < -0.4 is 21.5 Å². The van der Waals surface area contributed by atoms with Crippen LogP contribution in [0.15, 0.2) is 47.3 Å². The van der Waals surface area contributed by atoms with Crippen molar-refractivity contribution in [2.45, 2.75) is 12.3 Å². The molecule has 11 heteroatoms. The van der Waals surface area contributed by atoms with Gasteiger partial charge in [-0.05, 0) is 36.4 Å². The number of carbonyl (C=O) groups excluding carboxylic acids is 2. The molecule has 31 heavy (non-hydrogen) atoms. The fraction of sp³-hybridized carbons (Fsp3) is 0.100. The molecular formula is C20H14ClF2N5O3. The van der Waals surface area contributed by atoms with Crippen LogP contribution in [0.25, 0.3) is 0 Å². The van der Waals surface area contributed by atoms with Crippen molar-refractivity contribution < 1.29 is 18.4 Å². The van der Waals surface area contributed by atoms with Gasteiger partial charge in [0.05, 0.1) is 11.5 Å². The van der Waals surface area contributed by atoms with Gasteiger partial charge < -0.3 is 16.0 Å². The molecule has 3 aromatic rings. The van der Waals surface area contributed by atoms with Gasteiger partial charge in [0.15, 0.2) is 11.6 Å². The fourth-order valence-electron chi connectivity index (χ4n) is 3.13. The highest BCUT2D eigenvalue weighted by Gasteiger charge is 2.34. The van der Waals surface area contributed by atoms with Crippen LogP contribution in [0, 0.1) is 11.6 Å². The Morgan fingerprint density at radius 3 is 2.48 bits per heavy atom. The zero-order chi connectivity index (χ0) is 22.1. The highest BCUT2D eigenvalue weighted by atomic mass is 35.5. The molecule has 2 heterocycles. The average Bonchev–Trinajstić information content (AvgIpc) is 2.71. The maximum Gasteiger partial charge on any atom is 0.258 e. The number of hydrogen-bond donors (Lipinski definition) is 4. The zero-order valence-corrected chi connectivity index (χ0v) is 16.4. The number of amides is 2. The minimum Gasteiger partial charge on any atom is -0.326 e. The summed E-state index contributed by atoms with van der Waals surface area (Å²) in [5.74, 6) is -4.65. The van der Waals surface area contributed by atoms with Crippen molar-refractivity contribution in [3.63, 3.8) is 0 Å². The number of carbonyl (C=O) groups is 2. The maximum atomic E-state index is 13.4. The number of anilines is 4. The molecule has 1 aliphatic rings. The van der Waals surface area contributed by atoms with Gasteiger partial charge in [0, 0.05) is 28.9 Å². The average molecular weight is 446 g/mol. The molecule has 2 aromatic carbocycles. The van der Waals surface area contributed by atoms with Crippen LogP contribution in [-0.2, 0) is 9.59 Å². The van der Waals surface area contributed by atoms with Gasteiger partial charge in [0.25, 0.3) is 5.56 Å². The van der Waals surface area contributed by atoms with E-state index in [1.165, 1.54) is 6.07 Å².